The van der Waals surface area contributed by atoms with Gasteiger partial charge in [-0.25, -0.2) is 4.79 Å². The van der Waals surface area contributed by atoms with Gasteiger partial charge in [0.15, 0.2) is 0 Å². The monoisotopic (exact) mass is 489 g/mol. The highest BCUT2D eigenvalue weighted by atomic mass is 16.5. The fraction of sp³-hybridized carbons (Fsp3) is 0.429. The third-order valence-electron chi connectivity index (χ3n) is 7.20. The van der Waals surface area contributed by atoms with E-state index in [2.05, 4.69) is 18.2 Å². The number of fused-ring (bicyclic) bond motifs is 3. The molecular weight excluding hydrogens is 458 g/mol. The molecule has 1 aliphatic carbocycles. The number of likely N-dealkylation sites (tertiary alicyclic amines) is 1. The number of methoxy groups -OCH3 is 1. The lowest BCUT2D eigenvalue weighted by molar-refractivity contribution is -0.146. The number of ether oxygens (including phenoxy) is 2. The number of esters is 1. The number of amides is 2. The molecule has 1 heterocycles. The topological polar surface area (TPSA) is 99.9 Å². The Labute approximate surface area is 211 Å². The SMILES string of the molecule is CC[C@H](C)[C@@H](C(=O)N1C[C@@H](OC(C)=O)C[C@H]1C#N)N(C(=O)OC)c1cccc2c1Cc1ccccc1-2. The number of hydrogen-bond acceptors (Lipinski definition) is 6. The van der Waals surface area contributed by atoms with Crippen LogP contribution in [0.3, 0.4) is 0 Å². The molecule has 1 fully saturated rings. The number of hydrogen-bond donors (Lipinski definition) is 0. The molecule has 0 radical (unpaired) electrons. The molecule has 0 saturated carbocycles. The van der Waals surface area contributed by atoms with Crippen LogP contribution in [0.25, 0.3) is 11.1 Å². The maximum absolute atomic E-state index is 14.1. The molecule has 1 saturated heterocycles. The number of anilines is 1. The molecule has 0 aromatic heterocycles. The van der Waals surface area contributed by atoms with Crippen LogP contribution >= 0.6 is 0 Å². The molecule has 4 atom stereocenters. The van der Waals surface area contributed by atoms with Crippen molar-refractivity contribution in [3.8, 4) is 17.2 Å². The Morgan fingerprint density at radius 2 is 1.89 bits per heavy atom. The summed E-state index contributed by atoms with van der Waals surface area (Å²) in [6.07, 6.45) is 0.300. The predicted octanol–water partition coefficient (Wildman–Crippen LogP) is 4.30. The lowest BCUT2D eigenvalue weighted by atomic mass is 9.94. The van der Waals surface area contributed by atoms with Gasteiger partial charge >= 0.3 is 12.1 Å². The molecule has 0 spiro atoms. The van der Waals surface area contributed by atoms with Gasteiger partial charge in [0.2, 0.25) is 5.91 Å². The van der Waals surface area contributed by atoms with Crippen molar-refractivity contribution in [2.75, 3.05) is 18.6 Å². The number of benzene rings is 2. The van der Waals surface area contributed by atoms with Crippen molar-refractivity contribution in [2.24, 2.45) is 5.92 Å². The Hall–Kier alpha value is -3.86. The Balaban J connectivity index is 1.77. The number of nitriles is 1. The van der Waals surface area contributed by atoms with E-state index in [4.69, 9.17) is 9.47 Å². The van der Waals surface area contributed by atoms with Gasteiger partial charge in [0.25, 0.3) is 0 Å². The number of carbonyl (C=O) groups is 3. The molecule has 2 aromatic carbocycles. The third kappa shape index (κ3) is 4.53. The van der Waals surface area contributed by atoms with Crippen molar-refractivity contribution in [3.05, 3.63) is 53.6 Å². The predicted molar refractivity (Wildman–Crippen MR) is 134 cm³/mol. The molecule has 8 nitrogen and oxygen atoms in total. The van der Waals surface area contributed by atoms with Crippen molar-refractivity contribution in [2.45, 2.75) is 58.2 Å². The first-order valence-corrected chi connectivity index (χ1v) is 12.2. The zero-order valence-electron chi connectivity index (χ0n) is 21.1. The van der Waals surface area contributed by atoms with Gasteiger partial charge in [0, 0.05) is 19.8 Å². The summed E-state index contributed by atoms with van der Waals surface area (Å²) in [5.74, 6) is -1.05. The standard InChI is InChI=1S/C28H31N3O5/c1-5-17(2)26(27(33)30-16-21(36-18(3)32)14-20(30)15-29)31(28(34)35-4)25-12-8-11-23-22-10-7-6-9-19(22)13-24(23)25/h6-12,17,20-21,26H,5,13-14,16H2,1-4H3/t17-,20-,21-,26-/m0/s1. The highest BCUT2D eigenvalue weighted by molar-refractivity contribution is 6.00. The van der Waals surface area contributed by atoms with Gasteiger partial charge in [-0.2, -0.15) is 5.26 Å². The quantitative estimate of drug-likeness (QED) is 0.479. The molecule has 2 amide bonds. The maximum atomic E-state index is 14.1. The molecule has 2 aliphatic rings. The molecule has 0 N–H and O–H groups in total. The van der Waals surface area contributed by atoms with Crippen LogP contribution < -0.4 is 4.90 Å². The Kier molecular flexibility index (Phi) is 7.30. The highest BCUT2D eigenvalue weighted by Gasteiger charge is 2.45. The fourth-order valence-electron chi connectivity index (χ4n) is 5.31. The molecular formula is C28H31N3O5. The lowest BCUT2D eigenvalue weighted by Gasteiger charge is -2.37. The summed E-state index contributed by atoms with van der Waals surface area (Å²) in [6, 6.07) is 14.4. The Morgan fingerprint density at radius 3 is 2.56 bits per heavy atom. The van der Waals surface area contributed by atoms with E-state index in [0.717, 1.165) is 22.3 Å². The summed E-state index contributed by atoms with van der Waals surface area (Å²) < 4.78 is 10.5. The molecule has 188 valence electrons. The molecule has 0 unspecified atom stereocenters. The first kappa shape index (κ1) is 25.2. The van der Waals surface area contributed by atoms with Gasteiger partial charge in [-0.05, 0) is 34.2 Å². The fourth-order valence-corrected chi connectivity index (χ4v) is 5.31. The van der Waals surface area contributed by atoms with E-state index < -0.39 is 30.3 Å². The van der Waals surface area contributed by atoms with Crippen LogP contribution in [-0.2, 0) is 25.5 Å². The summed E-state index contributed by atoms with van der Waals surface area (Å²) in [4.78, 5) is 41.8. The minimum atomic E-state index is -0.899. The van der Waals surface area contributed by atoms with Crippen molar-refractivity contribution < 1.29 is 23.9 Å². The summed E-state index contributed by atoms with van der Waals surface area (Å²) in [6.45, 7) is 5.29. The molecule has 8 heteroatoms. The number of nitrogens with zero attached hydrogens (tertiary/aromatic N) is 3. The number of rotatable bonds is 6. The van der Waals surface area contributed by atoms with E-state index in [9.17, 15) is 19.6 Å². The second-order valence-corrected chi connectivity index (χ2v) is 9.41. The van der Waals surface area contributed by atoms with Crippen molar-refractivity contribution >= 4 is 23.7 Å². The van der Waals surface area contributed by atoms with Crippen LogP contribution in [-0.4, -0.2) is 54.7 Å². The zero-order valence-corrected chi connectivity index (χ0v) is 21.1. The first-order valence-electron chi connectivity index (χ1n) is 12.2. The van der Waals surface area contributed by atoms with E-state index in [1.54, 1.807) is 0 Å². The molecule has 4 rings (SSSR count). The molecule has 1 aliphatic heterocycles. The first-order chi connectivity index (χ1) is 17.3. The van der Waals surface area contributed by atoms with Gasteiger partial charge in [-0.15, -0.1) is 0 Å². The third-order valence-corrected chi connectivity index (χ3v) is 7.20. The average Bonchev–Trinajstić information content (AvgIpc) is 3.46. The molecule has 2 aromatic rings. The minimum Gasteiger partial charge on any atom is -0.461 e. The van der Waals surface area contributed by atoms with Crippen molar-refractivity contribution in [3.63, 3.8) is 0 Å². The van der Waals surface area contributed by atoms with Crippen LogP contribution in [0.4, 0.5) is 10.5 Å². The summed E-state index contributed by atoms with van der Waals surface area (Å²) in [5, 5.41) is 9.76. The van der Waals surface area contributed by atoms with Crippen LogP contribution in [0.15, 0.2) is 42.5 Å². The Bertz CT molecular complexity index is 1220. The van der Waals surface area contributed by atoms with E-state index in [1.165, 1.54) is 23.8 Å². The van der Waals surface area contributed by atoms with Gasteiger partial charge in [0.1, 0.15) is 18.2 Å². The minimum absolute atomic E-state index is 0.108. The highest BCUT2D eigenvalue weighted by Crippen LogP contribution is 2.42. The number of carbonyl (C=O) groups excluding carboxylic acids is 3. The van der Waals surface area contributed by atoms with Gasteiger partial charge in [-0.1, -0.05) is 56.7 Å². The van der Waals surface area contributed by atoms with Crippen LogP contribution in [0, 0.1) is 17.2 Å². The smallest absolute Gasteiger partial charge is 0.414 e. The normalized spacial score (nSPS) is 19.5. The van der Waals surface area contributed by atoms with Crippen molar-refractivity contribution in [1.29, 1.82) is 5.26 Å². The average molecular weight is 490 g/mol. The van der Waals surface area contributed by atoms with E-state index in [0.29, 0.717) is 18.5 Å². The second-order valence-electron chi connectivity index (χ2n) is 9.41. The van der Waals surface area contributed by atoms with E-state index >= 15 is 0 Å². The largest absolute Gasteiger partial charge is 0.461 e. The lowest BCUT2D eigenvalue weighted by Crippen LogP contribution is -2.55. The maximum Gasteiger partial charge on any atom is 0.414 e. The zero-order chi connectivity index (χ0) is 26.0. The second kappa shape index (κ2) is 10.4. The summed E-state index contributed by atoms with van der Waals surface area (Å²) >= 11 is 0. The van der Waals surface area contributed by atoms with E-state index in [-0.39, 0.29) is 24.8 Å². The van der Waals surface area contributed by atoms with Gasteiger partial charge in [-0.3, -0.25) is 14.5 Å². The van der Waals surface area contributed by atoms with Gasteiger partial charge < -0.3 is 14.4 Å². The Morgan fingerprint density at radius 1 is 1.17 bits per heavy atom. The van der Waals surface area contributed by atoms with Crippen LogP contribution in [0.5, 0.6) is 0 Å². The van der Waals surface area contributed by atoms with Gasteiger partial charge in [0.05, 0.1) is 25.4 Å². The summed E-state index contributed by atoms with van der Waals surface area (Å²) in [7, 11) is 1.30. The molecule has 36 heavy (non-hydrogen) atoms. The van der Waals surface area contributed by atoms with Crippen LogP contribution in [0.1, 0.15) is 44.7 Å². The van der Waals surface area contributed by atoms with E-state index in [1.807, 2.05) is 44.2 Å². The van der Waals surface area contributed by atoms with Crippen LogP contribution in [0.2, 0.25) is 0 Å². The molecule has 0 bridgehead atoms. The summed E-state index contributed by atoms with van der Waals surface area (Å²) in [5.41, 5.74) is 4.88. The van der Waals surface area contributed by atoms with Crippen molar-refractivity contribution in [1.82, 2.24) is 4.90 Å².